The van der Waals surface area contributed by atoms with Gasteiger partial charge in [0, 0.05) is 51.7 Å². The first kappa shape index (κ1) is 25.4. The zero-order valence-corrected chi connectivity index (χ0v) is 21.3. The summed E-state index contributed by atoms with van der Waals surface area (Å²) in [5, 5.41) is 17.0. The lowest BCUT2D eigenvalue weighted by atomic mass is 9.96. The summed E-state index contributed by atoms with van der Waals surface area (Å²) < 4.78 is 70.5. The number of aryl methyl sites for hydroxylation is 3. The number of aromatic nitrogens is 7. The number of fused-ring (bicyclic) bond motifs is 1. The van der Waals surface area contributed by atoms with Crippen LogP contribution in [0, 0.1) is 6.92 Å². The Hall–Kier alpha value is -3.30. The summed E-state index contributed by atoms with van der Waals surface area (Å²) in [6.07, 6.45) is 1.06. The minimum Gasteiger partial charge on any atom is -0.293 e. The maximum atomic E-state index is 13.3. The lowest BCUT2D eigenvalue weighted by Crippen LogP contribution is -2.51. The summed E-state index contributed by atoms with van der Waals surface area (Å²) in [5.41, 5.74) is 3.16. The molecule has 0 N–H and O–H groups in total. The van der Waals surface area contributed by atoms with Crippen molar-refractivity contribution in [3.63, 3.8) is 0 Å². The van der Waals surface area contributed by atoms with Crippen LogP contribution in [0.15, 0.2) is 41.9 Å². The second-order valence-electron chi connectivity index (χ2n) is 9.15. The molecule has 15 heteroatoms. The molecule has 0 aliphatic carbocycles. The fourth-order valence-electron chi connectivity index (χ4n) is 4.70. The fraction of sp³-hybridized carbons (Fsp3) is 0.455. The Balaban J connectivity index is 1.52. The van der Waals surface area contributed by atoms with E-state index in [1.54, 1.807) is 33.7 Å². The highest BCUT2D eigenvalue weighted by molar-refractivity contribution is 7.89. The number of nitrogens with zero attached hydrogens (tertiary/aromatic N) is 9. The number of benzene rings is 1. The third-order valence-electron chi connectivity index (χ3n) is 6.57. The summed E-state index contributed by atoms with van der Waals surface area (Å²) in [6.45, 7) is 1.81. The molecule has 1 aliphatic rings. The van der Waals surface area contributed by atoms with Crippen molar-refractivity contribution in [2.75, 3.05) is 26.2 Å². The molecule has 5 rings (SSSR count). The normalized spacial score (nSPS) is 18.2. The molecule has 11 nitrogen and oxygen atoms in total. The van der Waals surface area contributed by atoms with Crippen LogP contribution in [0.3, 0.4) is 0 Å². The van der Waals surface area contributed by atoms with Crippen LogP contribution in [-0.2, 0) is 24.1 Å². The van der Waals surface area contributed by atoms with E-state index in [4.69, 9.17) is 0 Å². The maximum absolute atomic E-state index is 13.3. The smallest absolute Gasteiger partial charge is 0.293 e. The van der Waals surface area contributed by atoms with Gasteiger partial charge in [0.25, 0.3) is 10.0 Å². The number of alkyl halides is 3. The van der Waals surface area contributed by atoms with Gasteiger partial charge in [0.1, 0.15) is 5.69 Å². The molecule has 3 aromatic heterocycles. The van der Waals surface area contributed by atoms with Crippen molar-refractivity contribution in [3.05, 3.63) is 48.0 Å². The van der Waals surface area contributed by atoms with E-state index in [1.807, 2.05) is 25.3 Å². The predicted octanol–water partition coefficient (Wildman–Crippen LogP) is 2.20. The van der Waals surface area contributed by atoms with Crippen molar-refractivity contribution >= 4 is 20.9 Å². The standard InChI is InChI=1S/C22H26F3N9O2S/c1-15-8-19-16(10-28-34(19)17-11-26-30(2)13-17)9-18(15)20-14-33(7-6-32(20)5-4-22(23,24)25)37(35,36)21-12-27-31(3)29-21/h8-13,20H,4-7,14H2,1-3H3. The van der Waals surface area contributed by atoms with Crippen LogP contribution in [0.1, 0.15) is 23.6 Å². The topological polar surface area (TPSA) is 107 Å². The van der Waals surface area contributed by atoms with Crippen LogP contribution in [0.4, 0.5) is 13.2 Å². The number of hydrogen-bond acceptors (Lipinski definition) is 7. The maximum Gasteiger partial charge on any atom is 0.390 e. The Morgan fingerprint density at radius 1 is 1.05 bits per heavy atom. The van der Waals surface area contributed by atoms with Crippen molar-refractivity contribution in [3.8, 4) is 5.69 Å². The van der Waals surface area contributed by atoms with E-state index in [0.717, 1.165) is 32.5 Å². The molecular weight excluding hydrogens is 511 g/mol. The summed E-state index contributed by atoms with van der Waals surface area (Å²) in [7, 11) is -0.651. The van der Waals surface area contributed by atoms with E-state index in [-0.39, 0.29) is 31.2 Å². The molecule has 1 aromatic carbocycles. The third kappa shape index (κ3) is 4.98. The summed E-state index contributed by atoms with van der Waals surface area (Å²) in [5.74, 6) is 0. The molecule has 1 aliphatic heterocycles. The molecule has 1 unspecified atom stereocenters. The van der Waals surface area contributed by atoms with Crippen molar-refractivity contribution in [2.45, 2.75) is 30.6 Å². The molecule has 198 valence electrons. The minimum atomic E-state index is -4.32. The Morgan fingerprint density at radius 2 is 1.84 bits per heavy atom. The molecule has 0 amide bonds. The number of halogens is 3. The number of sulfonamides is 1. The molecule has 0 saturated carbocycles. The van der Waals surface area contributed by atoms with Crippen LogP contribution in [0.5, 0.6) is 0 Å². The highest BCUT2D eigenvalue weighted by atomic mass is 32.2. The van der Waals surface area contributed by atoms with E-state index in [0.29, 0.717) is 0 Å². The lowest BCUT2D eigenvalue weighted by molar-refractivity contribution is -0.140. The number of piperazine rings is 1. The van der Waals surface area contributed by atoms with E-state index in [1.165, 1.54) is 17.5 Å². The molecule has 1 fully saturated rings. The highest BCUT2D eigenvalue weighted by Gasteiger charge is 2.38. The van der Waals surface area contributed by atoms with E-state index in [9.17, 15) is 21.6 Å². The van der Waals surface area contributed by atoms with Gasteiger partial charge < -0.3 is 0 Å². The van der Waals surface area contributed by atoms with Gasteiger partial charge >= 0.3 is 6.18 Å². The van der Waals surface area contributed by atoms with Crippen LogP contribution in [-0.4, -0.2) is 84.5 Å². The predicted molar refractivity (Wildman–Crippen MR) is 127 cm³/mol. The Bertz CT molecular complexity index is 1540. The SMILES string of the molecule is Cc1cc2c(cnn2-c2cnn(C)c2)cc1C1CN(S(=O)(=O)c2cnn(C)n2)CCN1CCC(F)(F)F. The monoisotopic (exact) mass is 537 g/mol. The Labute approximate surface area is 211 Å². The van der Waals surface area contributed by atoms with Gasteiger partial charge in [-0.3, -0.25) is 9.58 Å². The van der Waals surface area contributed by atoms with Crippen LogP contribution >= 0.6 is 0 Å². The summed E-state index contributed by atoms with van der Waals surface area (Å²) in [6, 6.07) is 3.21. The second-order valence-corrected chi connectivity index (χ2v) is 11.0. The number of hydrogen-bond donors (Lipinski definition) is 0. The molecular formula is C22H26F3N9O2S. The van der Waals surface area contributed by atoms with Gasteiger partial charge in [0.05, 0.1) is 36.7 Å². The second kappa shape index (κ2) is 9.22. The van der Waals surface area contributed by atoms with Crippen molar-refractivity contribution in [1.82, 2.24) is 43.8 Å². The number of rotatable bonds is 6. The van der Waals surface area contributed by atoms with Gasteiger partial charge in [-0.05, 0) is 30.2 Å². The molecule has 1 atom stereocenters. The van der Waals surface area contributed by atoms with Crippen molar-refractivity contribution in [2.24, 2.45) is 14.1 Å². The van der Waals surface area contributed by atoms with E-state index < -0.39 is 28.7 Å². The summed E-state index contributed by atoms with van der Waals surface area (Å²) in [4.78, 5) is 2.86. The largest absolute Gasteiger partial charge is 0.390 e. The molecule has 0 spiro atoms. The Kier molecular flexibility index (Phi) is 6.32. The van der Waals surface area contributed by atoms with Crippen LogP contribution < -0.4 is 0 Å². The Morgan fingerprint density at radius 3 is 2.49 bits per heavy atom. The minimum absolute atomic E-state index is 0.0140. The quantitative estimate of drug-likeness (QED) is 0.371. The van der Waals surface area contributed by atoms with E-state index in [2.05, 4.69) is 20.4 Å². The molecule has 0 radical (unpaired) electrons. The molecule has 0 bridgehead atoms. The zero-order chi connectivity index (χ0) is 26.5. The van der Waals surface area contributed by atoms with Crippen molar-refractivity contribution in [1.29, 1.82) is 0 Å². The first-order valence-corrected chi connectivity index (χ1v) is 13.0. The van der Waals surface area contributed by atoms with E-state index >= 15 is 0 Å². The zero-order valence-electron chi connectivity index (χ0n) is 20.5. The average molecular weight is 538 g/mol. The molecule has 4 aromatic rings. The van der Waals surface area contributed by atoms with Gasteiger partial charge in [-0.25, -0.2) is 13.1 Å². The van der Waals surface area contributed by atoms with Gasteiger partial charge in [0.2, 0.25) is 5.03 Å². The highest BCUT2D eigenvalue weighted by Crippen LogP contribution is 2.34. The van der Waals surface area contributed by atoms with Gasteiger partial charge in [0.15, 0.2) is 0 Å². The fourth-order valence-corrected chi connectivity index (χ4v) is 6.03. The average Bonchev–Trinajstić information content (AvgIpc) is 3.56. The third-order valence-corrected chi connectivity index (χ3v) is 8.30. The molecule has 37 heavy (non-hydrogen) atoms. The van der Waals surface area contributed by atoms with Gasteiger partial charge in [-0.15, -0.1) is 5.10 Å². The lowest BCUT2D eigenvalue weighted by Gasteiger charge is -2.41. The van der Waals surface area contributed by atoms with Gasteiger partial charge in [-0.1, -0.05) is 0 Å². The van der Waals surface area contributed by atoms with Crippen molar-refractivity contribution < 1.29 is 21.6 Å². The first-order valence-electron chi connectivity index (χ1n) is 11.6. The van der Waals surface area contributed by atoms with Crippen LogP contribution in [0.2, 0.25) is 0 Å². The first-order chi connectivity index (χ1) is 17.4. The molecule has 4 heterocycles. The molecule has 1 saturated heterocycles. The van der Waals surface area contributed by atoms with Crippen LogP contribution in [0.25, 0.3) is 16.6 Å². The summed E-state index contributed by atoms with van der Waals surface area (Å²) >= 11 is 0. The van der Waals surface area contributed by atoms with Gasteiger partial charge in [-0.2, -0.15) is 37.6 Å².